The van der Waals surface area contributed by atoms with Gasteiger partial charge < -0.3 is 10.1 Å². The van der Waals surface area contributed by atoms with Crippen LogP contribution in [0.15, 0.2) is 54.6 Å². The van der Waals surface area contributed by atoms with Crippen LogP contribution >= 0.6 is 0 Å². The van der Waals surface area contributed by atoms with Crippen molar-refractivity contribution < 1.29 is 9.53 Å². The maximum atomic E-state index is 12.5. The molecule has 0 unspecified atom stereocenters. The molecule has 6 heteroatoms. The Balaban J connectivity index is 1.34. The second kappa shape index (κ2) is 8.49. The summed E-state index contributed by atoms with van der Waals surface area (Å²) in [5.74, 6) is 0.904. The maximum absolute atomic E-state index is 12.5. The molecule has 4 rings (SSSR count). The molecule has 0 saturated carbocycles. The molecule has 0 bridgehead atoms. The Hall–Kier alpha value is -3.12. The van der Waals surface area contributed by atoms with Crippen LogP contribution < -0.4 is 10.1 Å². The van der Waals surface area contributed by atoms with Crippen molar-refractivity contribution >= 4 is 5.91 Å². The second-order valence-corrected chi connectivity index (χ2v) is 7.63. The fourth-order valence-corrected chi connectivity index (χ4v) is 3.65. The standard InChI is InChI=1S/C23H26N4O2/c1-16-8-9-22-19(10-16)14-27(13-17(2)29-22)15-23(28)24-12-20-11-21(26-25-20)18-6-4-3-5-7-18/h3-11,17H,12-15H2,1-2H3,(H,24,28)(H,25,26)/t17-/m1/s1. The van der Waals surface area contributed by atoms with Gasteiger partial charge in [-0.1, -0.05) is 48.0 Å². The van der Waals surface area contributed by atoms with Crippen LogP contribution in [-0.2, 0) is 17.9 Å². The normalized spacial score (nSPS) is 16.6. The minimum atomic E-state index is -0.0100. The first kappa shape index (κ1) is 19.2. The van der Waals surface area contributed by atoms with Gasteiger partial charge in [0.2, 0.25) is 5.91 Å². The molecule has 0 saturated heterocycles. The molecular weight excluding hydrogens is 364 g/mol. The number of aromatic nitrogens is 2. The summed E-state index contributed by atoms with van der Waals surface area (Å²) >= 11 is 0. The Morgan fingerprint density at radius 2 is 2.07 bits per heavy atom. The predicted octanol–water partition coefficient (Wildman–Crippen LogP) is 3.28. The van der Waals surface area contributed by atoms with E-state index < -0.39 is 0 Å². The molecule has 2 aromatic carbocycles. The van der Waals surface area contributed by atoms with Crippen molar-refractivity contribution in [2.75, 3.05) is 13.1 Å². The number of nitrogens with zero attached hydrogens (tertiary/aromatic N) is 2. The number of hydrogen-bond donors (Lipinski definition) is 2. The smallest absolute Gasteiger partial charge is 0.234 e. The predicted molar refractivity (Wildman–Crippen MR) is 112 cm³/mol. The van der Waals surface area contributed by atoms with Crippen molar-refractivity contribution in [1.82, 2.24) is 20.4 Å². The van der Waals surface area contributed by atoms with E-state index in [1.165, 1.54) is 5.56 Å². The minimum absolute atomic E-state index is 0.0100. The number of ether oxygens (including phenoxy) is 1. The third kappa shape index (κ3) is 4.84. The number of aryl methyl sites for hydroxylation is 1. The molecule has 2 N–H and O–H groups in total. The van der Waals surface area contributed by atoms with Crippen molar-refractivity contribution in [2.45, 2.75) is 33.0 Å². The van der Waals surface area contributed by atoms with E-state index in [0.717, 1.165) is 28.3 Å². The second-order valence-electron chi connectivity index (χ2n) is 7.63. The van der Waals surface area contributed by atoms with Crippen LogP contribution in [-0.4, -0.2) is 40.2 Å². The van der Waals surface area contributed by atoms with Crippen molar-refractivity contribution in [3.8, 4) is 17.0 Å². The number of fused-ring (bicyclic) bond motifs is 1. The summed E-state index contributed by atoms with van der Waals surface area (Å²) in [4.78, 5) is 14.7. The van der Waals surface area contributed by atoms with Crippen LogP contribution in [0.4, 0.5) is 0 Å². The summed E-state index contributed by atoms with van der Waals surface area (Å²) in [7, 11) is 0. The van der Waals surface area contributed by atoms with Crippen LogP contribution in [0, 0.1) is 6.92 Å². The van der Waals surface area contributed by atoms with Gasteiger partial charge in [0, 0.05) is 24.2 Å². The van der Waals surface area contributed by atoms with E-state index in [2.05, 4.69) is 39.5 Å². The topological polar surface area (TPSA) is 70.2 Å². The minimum Gasteiger partial charge on any atom is -0.489 e. The van der Waals surface area contributed by atoms with Gasteiger partial charge >= 0.3 is 0 Å². The lowest BCUT2D eigenvalue weighted by atomic mass is 10.1. The lowest BCUT2D eigenvalue weighted by Crippen LogP contribution is -2.39. The highest BCUT2D eigenvalue weighted by atomic mass is 16.5. The zero-order chi connectivity index (χ0) is 20.2. The number of amides is 1. The molecular formula is C23H26N4O2. The molecule has 1 aliphatic rings. The molecule has 0 spiro atoms. The summed E-state index contributed by atoms with van der Waals surface area (Å²) in [6.07, 6.45) is 0.0350. The van der Waals surface area contributed by atoms with Gasteiger partial charge in [0.25, 0.3) is 0 Å². The fraction of sp³-hybridized carbons (Fsp3) is 0.304. The lowest BCUT2D eigenvalue weighted by Gasteiger charge is -2.21. The van der Waals surface area contributed by atoms with Gasteiger partial charge in [-0.3, -0.25) is 14.8 Å². The number of carbonyl (C=O) groups is 1. The molecule has 0 radical (unpaired) electrons. The maximum Gasteiger partial charge on any atom is 0.234 e. The van der Waals surface area contributed by atoms with Gasteiger partial charge in [-0.2, -0.15) is 5.10 Å². The van der Waals surface area contributed by atoms with E-state index in [1.807, 2.05) is 49.4 Å². The summed E-state index contributed by atoms with van der Waals surface area (Å²) in [6, 6.07) is 18.2. The Morgan fingerprint density at radius 1 is 1.24 bits per heavy atom. The highest BCUT2D eigenvalue weighted by Gasteiger charge is 2.22. The largest absolute Gasteiger partial charge is 0.489 e. The van der Waals surface area contributed by atoms with Gasteiger partial charge in [-0.15, -0.1) is 0 Å². The monoisotopic (exact) mass is 390 g/mol. The van der Waals surface area contributed by atoms with Crippen LogP contribution in [0.2, 0.25) is 0 Å². The summed E-state index contributed by atoms with van der Waals surface area (Å²) in [5, 5.41) is 10.3. The Morgan fingerprint density at radius 3 is 2.90 bits per heavy atom. The number of hydrogen-bond acceptors (Lipinski definition) is 4. The van der Waals surface area contributed by atoms with E-state index in [9.17, 15) is 4.79 Å². The first-order valence-corrected chi connectivity index (χ1v) is 9.92. The summed E-state index contributed by atoms with van der Waals surface area (Å²) < 4.78 is 6.01. The highest BCUT2D eigenvalue weighted by molar-refractivity contribution is 5.78. The number of rotatable bonds is 5. The molecule has 0 fully saturated rings. The van der Waals surface area contributed by atoms with Crippen LogP contribution in [0.5, 0.6) is 5.75 Å². The van der Waals surface area contributed by atoms with Gasteiger partial charge in [0.15, 0.2) is 0 Å². The zero-order valence-electron chi connectivity index (χ0n) is 16.8. The first-order valence-electron chi connectivity index (χ1n) is 9.92. The molecule has 0 aliphatic carbocycles. The van der Waals surface area contributed by atoms with Crippen LogP contribution in [0.3, 0.4) is 0 Å². The van der Waals surface area contributed by atoms with Gasteiger partial charge in [0.05, 0.1) is 24.5 Å². The SMILES string of the molecule is Cc1ccc2c(c1)CN(CC(=O)NCc1cc(-c3ccccc3)n[nH]1)C[C@@H](C)O2. The molecule has 6 nitrogen and oxygen atoms in total. The van der Waals surface area contributed by atoms with Gasteiger partial charge in [0.1, 0.15) is 11.9 Å². The number of aromatic amines is 1. The highest BCUT2D eigenvalue weighted by Crippen LogP contribution is 2.26. The van der Waals surface area contributed by atoms with E-state index in [-0.39, 0.29) is 12.0 Å². The average Bonchev–Trinajstić information content (AvgIpc) is 3.12. The van der Waals surface area contributed by atoms with E-state index in [4.69, 9.17) is 4.74 Å². The molecule has 1 aliphatic heterocycles. The van der Waals surface area contributed by atoms with Crippen molar-refractivity contribution in [1.29, 1.82) is 0 Å². The van der Waals surface area contributed by atoms with Gasteiger partial charge in [-0.25, -0.2) is 0 Å². The van der Waals surface area contributed by atoms with Crippen molar-refractivity contribution in [3.05, 3.63) is 71.4 Å². The van der Waals surface area contributed by atoms with E-state index >= 15 is 0 Å². The Labute approximate surface area is 170 Å². The molecule has 29 heavy (non-hydrogen) atoms. The molecule has 150 valence electrons. The number of H-pyrrole nitrogens is 1. The quantitative estimate of drug-likeness (QED) is 0.701. The lowest BCUT2D eigenvalue weighted by molar-refractivity contribution is -0.122. The first-order chi connectivity index (χ1) is 14.1. The molecule has 2 heterocycles. The van der Waals surface area contributed by atoms with Crippen LogP contribution in [0.25, 0.3) is 11.3 Å². The number of benzene rings is 2. The molecule has 1 aromatic heterocycles. The third-order valence-electron chi connectivity index (χ3n) is 5.00. The summed E-state index contributed by atoms with van der Waals surface area (Å²) in [6.45, 7) is 6.28. The number of nitrogens with one attached hydrogen (secondary N) is 2. The molecule has 1 atom stereocenters. The Kier molecular flexibility index (Phi) is 5.62. The van der Waals surface area contributed by atoms with Crippen molar-refractivity contribution in [2.24, 2.45) is 0 Å². The zero-order valence-corrected chi connectivity index (χ0v) is 16.8. The fourth-order valence-electron chi connectivity index (χ4n) is 3.65. The summed E-state index contributed by atoms with van der Waals surface area (Å²) in [5.41, 5.74) is 5.13. The van der Waals surface area contributed by atoms with Gasteiger partial charge in [-0.05, 0) is 26.0 Å². The number of carbonyl (C=O) groups excluding carboxylic acids is 1. The average molecular weight is 390 g/mol. The van der Waals surface area contributed by atoms with Crippen LogP contribution in [0.1, 0.15) is 23.7 Å². The third-order valence-corrected chi connectivity index (χ3v) is 5.00. The van der Waals surface area contributed by atoms with E-state index in [1.54, 1.807) is 0 Å². The van der Waals surface area contributed by atoms with E-state index in [0.29, 0.717) is 26.2 Å². The Bertz CT molecular complexity index is 984. The molecule has 3 aromatic rings. The van der Waals surface area contributed by atoms with Crippen molar-refractivity contribution in [3.63, 3.8) is 0 Å². The molecule has 1 amide bonds.